The third-order valence-corrected chi connectivity index (χ3v) is 5.87. The Morgan fingerprint density at radius 3 is 2.35 bits per heavy atom. The van der Waals surface area contributed by atoms with Crippen LogP contribution in [0, 0.1) is 17.8 Å². The van der Waals surface area contributed by atoms with Gasteiger partial charge in [-0.25, -0.2) is 0 Å². The monoisotopic (exact) mass is 275 g/mol. The van der Waals surface area contributed by atoms with Crippen molar-refractivity contribution < 1.29 is 4.52 Å². The molecular formula is C16H25N3O. The van der Waals surface area contributed by atoms with Crippen molar-refractivity contribution in [3.05, 3.63) is 11.7 Å². The summed E-state index contributed by atoms with van der Waals surface area (Å²) in [5.74, 6) is 4.35. The van der Waals surface area contributed by atoms with Crippen LogP contribution in [0.5, 0.6) is 0 Å². The molecule has 0 saturated heterocycles. The third kappa shape index (κ3) is 1.92. The average molecular weight is 275 g/mol. The predicted molar refractivity (Wildman–Crippen MR) is 76.0 cm³/mol. The first-order valence-electron chi connectivity index (χ1n) is 8.28. The Morgan fingerprint density at radius 2 is 1.80 bits per heavy atom. The highest BCUT2D eigenvalue weighted by molar-refractivity contribution is 5.16. The lowest BCUT2D eigenvalue weighted by atomic mass is 9.49. The van der Waals surface area contributed by atoms with Crippen LogP contribution in [0.15, 0.2) is 4.52 Å². The topological polar surface area (TPSA) is 64.9 Å². The van der Waals surface area contributed by atoms with E-state index in [9.17, 15) is 0 Å². The zero-order valence-electron chi connectivity index (χ0n) is 12.3. The van der Waals surface area contributed by atoms with Crippen molar-refractivity contribution in [1.29, 1.82) is 0 Å². The van der Waals surface area contributed by atoms with Gasteiger partial charge in [0.15, 0.2) is 5.82 Å². The van der Waals surface area contributed by atoms with E-state index in [0.29, 0.717) is 5.89 Å². The fraction of sp³-hybridized carbons (Fsp3) is 0.875. The molecule has 0 radical (unpaired) electrons. The normalized spacial score (nSPS) is 40.2. The molecule has 0 amide bonds. The van der Waals surface area contributed by atoms with Crippen molar-refractivity contribution in [2.24, 2.45) is 23.5 Å². The van der Waals surface area contributed by atoms with Crippen molar-refractivity contribution in [2.75, 3.05) is 0 Å². The van der Waals surface area contributed by atoms with E-state index >= 15 is 0 Å². The first kappa shape index (κ1) is 12.8. The second-order valence-corrected chi connectivity index (χ2v) is 7.55. The molecule has 1 heterocycles. The van der Waals surface area contributed by atoms with Crippen LogP contribution in [0.4, 0.5) is 0 Å². The molecule has 1 unspecified atom stereocenters. The van der Waals surface area contributed by atoms with Gasteiger partial charge >= 0.3 is 0 Å². The van der Waals surface area contributed by atoms with Crippen LogP contribution in [-0.4, -0.2) is 10.1 Å². The molecular weight excluding hydrogens is 250 g/mol. The van der Waals surface area contributed by atoms with Crippen LogP contribution in [0.2, 0.25) is 0 Å². The fourth-order valence-electron chi connectivity index (χ4n) is 5.42. The Labute approximate surface area is 120 Å². The molecule has 1 aromatic heterocycles. The molecule has 0 aliphatic heterocycles. The first-order chi connectivity index (χ1) is 9.68. The number of rotatable bonds is 4. The van der Waals surface area contributed by atoms with E-state index < -0.39 is 0 Å². The summed E-state index contributed by atoms with van der Waals surface area (Å²) >= 11 is 0. The molecule has 4 heteroatoms. The molecule has 1 atom stereocenters. The lowest BCUT2D eigenvalue weighted by molar-refractivity contribution is -0.0103. The molecule has 4 nitrogen and oxygen atoms in total. The van der Waals surface area contributed by atoms with Gasteiger partial charge in [-0.3, -0.25) is 0 Å². The van der Waals surface area contributed by atoms with Crippen molar-refractivity contribution >= 4 is 0 Å². The van der Waals surface area contributed by atoms with Gasteiger partial charge in [0, 0.05) is 5.41 Å². The summed E-state index contributed by atoms with van der Waals surface area (Å²) in [5, 5.41) is 4.34. The largest absolute Gasteiger partial charge is 0.338 e. The Morgan fingerprint density at radius 1 is 1.20 bits per heavy atom. The fourth-order valence-corrected chi connectivity index (χ4v) is 5.42. The SMILES string of the molecule is CCCC(N)c1nc(C23CC4CC(CC(C4)C2)C3)no1. The summed E-state index contributed by atoms with van der Waals surface area (Å²) < 4.78 is 5.48. The van der Waals surface area contributed by atoms with Gasteiger partial charge in [0.1, 0.15) is 0 Å². The second kappa shape index (κ2) is 4.55. The maximum absolute atomic E-state index is 6.11. The number of hydrogen-bond donors (Lipinski definition) is 1. The lowest BCUT2D eigenvalue weighted by Crippen LogP contribution is -2.49. The van der Waals surface area contributed by atoms with E-state index in [-0.39, 0.29) is 11.5 Å². The molecule has 5 rings (SSSR count). The summed E-state index contributed by atoms with van der Waals surface area (Å²) in [5.41, 5.74) is 6.34. The van der Waals surface area contributed by atoms with E-state index in [1.807, 2.05) is 0 Å². The summed E-state index contributed by atoms with van der Waals surface area (Å²) in [6, 6.07) is -0.0878. The van der Waals surface area contributed by atoms with Crippen LogP contribution in [0.25, 0.3) is 0 Å². The summed E-state index contributed by atoms with van der Waals surface area (Å²) in [4.78, 5) is 4.72. The van der Waals surface area contributed by atoms with E-state index in [2.05, 4.69) is 12.1 Å². The first-order valence-corrected chi connectivity index (χ1v) is 8.28. The summed E-state index contributed by atoms with van der Waals surface area (Å²) in [6.07, 6.45) is 10.1. The smallest absolute Gasteiger partial charge is 0.243 e. The molecule has 110 valence electrons. The minimum Gasteiger partial charge on any atom is -0.338 e. The van der Waals surface area contributed by atoms with Gasteiger partial charge in [-0.15, -0.1) is 0 Å². The minimum absolute atomic E-state index is 0.0878. The van der Waals surface area contributed by atoms with Crippen LogP contribution in [-0.2, 0) is 5.41 Å². The quantitative estimate of drug-likeness (QED) is 0.915. The molecule has 4 saturated carbocycles. The molecule has 1 aromatic rings. The van der Waals surface area contributed by atoms with E-state index in [1.54, 1.807) is 0 Å². The number of hydrogen-bond acceptors (Lipinski definition) is 4. The predicted octanol–water partition coefficient (Wildman–Crippen LogP) is 3.34. The second-order valence-electron chi connectivity index (χ2n) is 7.55. The number of aromatic nitrogens is 2. The molecule has 4 fully saturated rings. The zero-order valence-corrected chi connectivity index (χ0v) is 12.3. The molecule has 0 spiro atoms. The molecule has 4 aliphatic carbocycles. The van der Waals surface area contributed by atoms with Crippen molar-refractivity contribution in [1.82, 2.24) is 10.1 Å². The van der Waals surface area contributed by atoms with Gasteiger partial charge in [0.2, 0.25) is 5.89 Å². The van der Waals surface area contributed by atoms with Gasteiger partial charge < -0.3 is 10.3 Å². The van der Waals surface area contributed by atoms with Crippen LogP contribution < -0.4 is 5.73 Å². The zero-order chi connectivity index (χ0) is 13.7. The van der Waals surface area contributed by atoms with E-state index in [1.165, 1.54) is 38.5 Å². The van der Waals surface area contributed by atoms with Crippen molar-refractivity contribution in [3.63, 3.8) is 0 Å². The van der Waals surface area contributed by atoms with Gasteiger partial charge in [-0.1, -0.05) is 18.5 Å². The molecule has 4 aliphatic rings. The highest BCUT2D eigenvalue weighted by Crippen LogP contribution is 2.60. The molecule has 20 heavy (non-hydrogen) atoms. The van der Waals surface area contributed by atoms with Crippen molar-refractivity contribution in [2.45, 2.75) is 69.7 Å². The van der Waals surface area contributed by atoms with Crippen molar-refractivity contribution in [3.8, 4) is 0 Å². The molecule has 0 aromatic carbocycles. The summed E-state index contributed by atoms with van der Waals surface area (Å²) in [7, 11) is 0. The van der Waals surface area contributed by atoms with E-state index in [4.69, 9.17) is 15.2 Å². The standard InChI is InChI=1S/C16H25N3O/c1-2-3-13(17)14-18-15(19-20-14)16-7-10-4-11(8-16)6-12(5-10)9-16/h10-13H,2-9,17H2,1H3. The van der Waals surface area contributed by atoms with Crippen LogP contribution >= 0.6 is 0 Å². The molecule has 4 bridgehead atoms. The lowest BCUT2D eigenvalue weighted by Gasteiger charge is -2.55. The van der Waals surface area contributed by atoms with Crippen LogP contribution in [0.3, 0.4) is 0 Å². The van der Waals surface area contributed by atoms with Gasteiger partial charge in [0.05, 0.1) is 6.04 Å². The maximum atomic E-state index is 6.11. The highest BCUT2D eigenvalue weighted by atomic mass is 16.5. The van der Waals surface area contributed by atoms with Gasteiger partial charge in [-0.2, -0.15) is 4.98 Å². The van der Waals surface area contributed by atoms with Gasteiger partial charge in [0.25, 0.3) is 0 Å². The molecule has 2 N–H and O–H groups in total. The highest BCUT2D eigenvalue weighted by Gasteiger charge is 2.53. The van der Waals surface area contributed by atoms with E-state index in [0.717, 1.165) is 36.4 Å². The summed E-state index contributed by atoms with van der Waals surface area (Å²) in [6.45, 7) is 2.14. The minimum atomic E-state index is -0.0878. The van der Waals surface area contributed by atoms with Gasteiger partial charge in [-0.05, 0) is 62.7 Å². The Bertz CT molecular complexity index is 460. The Balaban J connectivity index is 1.61. The number of nitrogens with two attached hydrogens (primary N) is 1. The third-order valence-electron chi connectivity index (χ3n) is 5.87. The maximum Gasteiger partial charge on any atom is 0.243 e. The Kier molecular flexibility index (Phi) is 2.92. The van der Waals surface area contributed by atoms with Crippen LogP contribution in [0.1, 0.15) is 76.0 Å². The average Bonchev–Trinajstić information content (AvgIpc) is 2.87. The number of nitrogens with zero attached hydrogens (tertiary/aromatic N) is 2. The Hall–Kier alpha value is -0.900.